The Morgan fingerprint density at radius 3 is 3.00 bits per heavy atom. The van der Waals surface area contributed by atoms with Crippen LogP contribution in [-0.4, -0.2) is 26.4 Å². The van der Waals surface area contributed by atoms with E-state index >= 15 is 0 Å². The van der Waals surface area contributed by atoms with E-state index < -0.39 is 0 Å². The van der Waals surface area contributed by atoms with Crippen molar-refractivity contribution < 1.29 is 9.47 Å². The van der Waals surface area contributed by atoms with Crippen LogP contribution in [0.25, 0.3) is 0 Å². The van der Waals surface area contributed by atoms with Gasteiger partial charge in [-0.3, -0.25) is 0 Å². The second kappa shape index (κ2) is 6.88. The molecule has 18 heavy (non-hydrogen) atoms. The first kappa shape index (κ1) is 13.5. The molecule has 3 nitrogen and oxygen atoms in total. The molecule has 0 saturated carbocycles. The van der Waals surface area contributed by atoms with E-state index in [1.165, 1.54) is 11.1 Å². The highest BCUT2D eigenvalue weighted by Crippen LogP contribution is 2.15. The molecule has 1 fully saturated rings. The van der Waals surface area contributed by atoms with E-state index in [4.69, 9.17) is 9.47 Å². The average Bonchev–Trinajstić information content (AvgIpc) is 2.39. The molecule has 1 saturated heterocycles. The highest BCUT2D eigenvalue weighted by atomic mass is 16.5. The summed E-state index contributed by atoms with van der Waals surface area (Å²) in [4.78, 5) is 0. The summed E-state index contributed by atoms with van der Waals surface area (Å²) in [6.45, 7) is 5.61. The lowest BCUT2D eigenvalue weighted by molar-refractivity contribution is 0.0386. The number of hydrogen-bond donors (Lipinski definition) is 1. The molecule has 100 valence electrons. The molecule has 0 radical (unpaired) electrons. The van der Waals surface area contributed by atoms with Gasteiger partial charge in [0.2, 0.25) is 0 Å². The van der Waals surface area contributed by atoms with Crippen LogP contribution in [0.5, 0.6) is 0 Å². The second-order valence-corrected chi connectivity index (χ2v) is 5.08. The number of methoxy groups -OCH3 is 1. The fourth-order valence-corrected chi connectivity index (χ4v) is 2.43. The predicted molar refractivity (Wildman–Crippen MR) is 72.4 cm³/mol. The van der Waals surface area contributed by atoms with Crippen molar-refractivity contribution >= 4 is 0 Å². The fourth-order valence-electron chi connectivity index (χ4n) is 2.43. The molecule has 1 N–H and O–H groups in total. The van der Waals surface area contributed by atoms with Crippen LogP contribution in [0, 0.1) is 5.92 Å². The van der Waals surface area contributed by atoms with Gasteiger partial charge >= 0.3 is 0 Å². The van der Waals surface area contributed by atoms with Gasteiger partial charge in [0.05, 0.1) is 13.2 Å². The van der Waals surface area contributed by atoms with E-state index in [2.05, 4.69) is 36.5 Å². The maximum atomic E-state index is 5.46. The van der Waals surface area contributed by atoms with Crippen LogP contribution < -0.4 is 5.32 Å². The van der Waals surface area contributed by atoms with Gasteiger partial charge in [0.15, 0.2) is 0 Å². The summed E-state index contributed by atoms with van der Waals surface area (Å²) in [5.41, 5.74) is 2.56. The molecule has 1 heterocycles. The molecule has 2 rings (SSSR count). The minimum Gasteiger partial charge on any atom is -0.381 e. The third-order valence-electron chi connectivity index (χ3n) is 3.51. The summed E-state index contributed by atoms with van der Waals surface area (Å²) in [5.74, 6) is 0.598. The van der Waals surface area contributed by atoms with Crippen molar-refractivity contribution in [1.29, 1.82) is 0 Å². The molecule has 0 bridgehead atoms. The standard InChI is InChI=1S/C15H23NO2/c1-12-10-18-7-6-15(12)16-9-13-4-3-5-14(8-13)11-17-2/h3-5,8,12,15-16H,6-7,9-11H2,1-2H3. The monoisotopic (exact) mass is 249 g/mol. The van der Waals surface area contributed by atoms with E-state index in [0.717, 1.165) is 26.2 Å². The normalized spacial score (nSPS) is 24.1. The maximum Gasteiger partial charge on any atom is 0.0713 e. The summed E-state index contributed by atoms with van der Waals surface area (Å²) in [7, 11) is 1.73. The molecule has 0 aliphatic carbocycles. The summed E-state index contributed by atoms with van der Waals surface area (Å²) in [6.07, 6.45) is 1.11. The zero-order valence-corrected chi connectivity index (χ0v) is 11.3. The Labute approximate surface area is 109 Å². The smallest absolute Gasteiger partial charge is 0.0713 e. The number of rotatable bonds is 5. The highest BCUT2D eigenvalue weighted by molar-refractivity contribution is 5.22. The van der Waals surface area contributed by atoms with Crippen molar-refractivity contribution in [2.75, 3.05) is 20.3 Å². The van der Waals surface area contributed by atoms with E-state index in [-0.39, 0.29) is 0 Å². The minimum atomic E-state index is 0.574. The quantitative estimate of drug-likeness (QED) is 0.869. The molecule has 2 atom stereocenters. The molecule has 1 aromatic carbocycles. The van der Waals surface area contributed by atoms with Gasteiger partial charge in [-0.15, -0.1) is 0 Å². The third kappa shape index (κ3) is 3.80. The number of hydrogen-bond acceptors (Lipinski definition) is 3. The molecule has 3 heteroatoms. The molecule has 2 unspecified atom stereocenters. The Morgan fingerprint density at radius 1 is 1.39 bits per heavy atom. The van der Waals surface area contributed by atoms with Crippen LogP contribution in [-0.2, 0) is 22.6 Å². The fraction of sp³-hybridized carbons (Fsp3) is 0.600. The van der Waals surface area contributed by atoms with Gasteiger partial charge in [0.25, 0.3) is 0 Å². The molecular formula is C15H23NO2. The molecule has 1 aliphatic rings. The van der Waals surface area contributed by atoms with Gasteiger partial charge in [-0.05, 0) is 23.5 Å². The van der Waals surface area contributed by atoms with Gasteiger partial charge < -0.3 is 14.8 Å². The average molecular weight is 249 g/mol. The Bertz CT molecular complexity index is 367. The predicted octanol–water partition coefficient (Wildman–Crippen LogP) is 2.35. The largest absolute Gasteiger partial charge is 0.381 e. The Morgan fingerprint density at radius 2 is 2.22 bits per heavy atom. The summed E-state index contributed by atoms with van der Waals surface area (Å²) >= 11 is 0. The van der Waals surface area contributed by atoms with Crippen LogP contribution in [0.2, 0.25) is 0 Å². The Kier molecular flexibility index (Phi) is 5.17. The number of ether oxygens (including phenoxy) is 2. The van der Waals surface area contributed by atoms with Gasteiger partial charge in [0, 0.05) is 26.3 Å². The molecular weight excluding hydrogens is 226 g/mol. The van der Waals surface area contributed by atoms with Gasteiger partial charge in [0.1, 0.15) is 0 Å². The van der Waals surface area contributed by atoms with Crippen molar-refractivity contribution in [2.24, 2.45) is 5.92 Å². The topological polar surface area (TPSA) is 30.5 Å². The summed E-state index contributed by atoms with van der Waals surface area (Å²) < 4.78 is 10.6. The Hall–Kier alpha value is -0.900. The van der Waals surface area contributed by atoms with Crippen molar-refractivity contribution in [2.45, 2.75) is 32.5 Å². The molecule has 1 aliphatic heterocycles. The molecule has 0 amide bonds. The summed E-state index contributed by atoms with van der Waals surface area (Å²) in [6, 6.07) is 9.14. The van der Waals surface area contributed by atoms with Gasteiger partial charge in [-0.2, -0.15) is 0 Å². The number of nitrogens with one attached hydrogen (secondary N) is 1. The second-order valence-electron chi connectivity index (χ2n) is 5.08. The first-order chi connectivity index (χ1) is 8.79. The zero-order chi connectivity index (χ0) is 12.8. The third-order valence-corrected chi connectivity index (χ3v) is 3.51. The minimum absolute atomic E-state index is 0.574. The molecule has 1 aromatic rings. The lowest BCUT2D eigenvalue weighted by Gasteiger charge is -2.29. The van der Waals surface area contributed by atoms with Crippen LogP contribution in [0.3, 0.4) is 0 Å². The lowest BCUT2D eigenvalue weighted by Crippen LogP contribution is -2.40. The number of benzene rings is 1. The van der Waals surface area contributed by atoms with Gasteiger partial charge in [-0.25, -0.2) is 0 Å². The maximum absolute atomic E-state index is 5.46. The Balaban J connectivity index is 1.87. The molecule has 0 aromatic heterocycles. The first-order valence-corrected chi connectivity index (χ1v) is 6.67. The zero-order valence-electron chi connectivity index (χ0n) is 11.3. The SMILES string of the molecule is COCc1cccc(CNC2CCOCC2C)c1. The van der Waals surface area contributed by atoms with Crippen molar-refractivity contribution in [3.8, 4) is 0 Å². The van der Waals surface area contributed by atoms with Gasteiger partial charge in [-0.1, -0.05) is 31.2 Å². The van der Waals surface area contributed by atoms with Crippen LogP contribution in [0.15, 0.2) is 24.3 Å². The van der Waals surface area contributed by atoms with E-state index in [0.29, 0.717) is 18.6 Å². The van der Waals surface area contributed by atoms with Crippen molar-refractivity contribution in [1.82, 2.24) is 5.32 Å². The highest BCUT2D eigenvalue weighted by Gasteiger charge is 2.20. The first-order valence-electron chi connectivity index (χ1n) is 6.67. The van der Waals surface area contributed by atoms with Crippen molar-refractivity contribution in [3.05, 3.63) is 35.4 Å². The summed E-state index contributed by atoms with van der Waals surface area (Å²) in [5, 5.41) is 3.64. The van der Waals surface area contributed by atoms with E-state index in [1.807, 2.05) is 0 Å². The van der Waals surface area contributed by atoms with E-state index in [1.54, 1.807) is 7.11 Å². The van der Waals surface area contributed by atoms with Crippen LogP contribution in [0.1, 0.15) is 24.5 Å². The van der Waals surface area contributed by atoms with E-state index in [9.17, 15) is 0 Å². The van der Waals surface area contributed by atoms with Crippen LogP contribution in [0.4, 0.5) is 0 Å². The van der Waals surface area contributed by atoms with Crippen LogP contribution >= 0.6 is 0 Å². The lowest BCUT2D eigenvalue weighted by atomic mass is 9.97. The molecule has 0 spiro atoms. The van der Waals surface area contributed by atoms with Crippen molar-refractivity contribution in [3.63, 3.8) is 0 Å².